The van der Waals surface area contributed by atoms with Gasteiger partial charge in [-0.2, -0.15) is 0 Å². The fraction of sp³-hybridized carbons (Fsp3) is 0.500. The number of ether oxygens (including phenoxy) is 1. The van der Waals surface area contributed by atoms with Crippen LogP contribution in [0.3, 0.4) is 0 Å². The topological polar surface area (TPSA) is 102 Å². The lowest BCUT2D eigenvalue weighted by Gasteiger charge is -2.12. The number of hydrogen-bond acceptors (Lipinski definition) is 5. The van der Waals surface area contributed by atoms with Crippen molar-refractivity contribution in [3.05, 3.63) is 30.1 Å². The third kappa shape index (κ3) is 3.12. The fourth-order valence-corrected chi connectivity index (χ4v) is 1.92. The van der Waals surface area contributed by atoms with E-state index in [-0.39, 0.29) is 36.4 Å². The third-order valence-corrected chi connectivity index (χ3v) is 3.02. The Morgan fingerprint density at radius 3 is 3.16 bits per heavy atom. The number of nitrogens with two attached hydrogens (primary N) is 1. The number of rotatable bonds is 4. The summed E-state index contributed by atoms with van der Waals surface area (Å²) in [5, 5.41) is 11.5. The Bertz CT molecular complexity index is 483. The van der Waals surface area contributed by atoms with E-state index >= 15 is 0 Å². The van der Waals surface area contributed by atoms with E-state index in [9.17, 15) is 4.79 Å². The number of allylic oxidation sites excluding steroid dienone is 1. The zero-order valence-corrected chi connectivity index (χ0v) is 10.7. The minimum Gasteiger partial charge on any atom is -0.394 e. The zero-order valence-electron chi connectivity index (χ0n) is 10.7. The Labute approximate surface area is 111 Å². The van der Waals surface area contributed by atoms with Gasteiger partial charge in [0.15, 0.2) is 0 Å². The summed E-state index contributed by atoms with van der Waals surface area (Å²) in [6.45, 7) is 1.74. The minimum atomic E-state index is -0.356. The molecule has 0 saturated carbocycles. The first-order valence-corrected chi connectivity index (χ1v) is 6.17. The van der Waals surface area contributed by atoms with Crippen LogP contribution < -0.4 is 11.1 Å². The van der Waals surface area contributed by atoms with Gasteiger partial charge in [0.2, 0.25) is 0 Å². The van der Waals surface area contributed by atoms with Crippen LogP contribution in [0.2, 0.25) is 0 Å². The van der Waals surface area contributed by atoms with Crippen molar-refractivity contribution in [3.63, 3.8) is 0 Å². The average Bonchev–Trinajstić information content (AvgIpc) is 3.06. The number of aromatic nitrogens is 2. The molecule has 0 bridgehead atoms. The highest BCUT2D eigenvalue weighted by atomic mass is 16.5. The van der Waals surface area contributed by atoms with Crippen molar-refractivity contribution in [2.24, 2.45) is 5.73 Å². The molecular formula is C12H18N4O3. The van der Waals surface area contributed by atoms with Crippen LogP contribution >= 0.6 is 0 Å². The number of nitrogens with zero attached hydrogens (tertiary/aromatic N) is 2. The zero-order chi connectivity index (χ0) is 13.8. The second-order valence-electron chi connectivity index (χ2n) is 4.38. The summed E-state index contributed by atoms with van der Waals surface area (Å²) < 4.78 is 7.33. The van der Waals surface area contributed by atoms with E-state index in [1.165, 1.54) is 0 Å². The van der Waals surface area contributed by atoms with E-state index in [2.05, 4.69) is 10.3 Å². The predicted octanol–water partition coefficient (Wildman–Crippen LogP) is 0.103. The van der Waals surface area contributed by atoms with Crippen LogP contribution in [0.5, 0.6) is 0 Å². The molecule has 0 unspecified atom stereocenters. The molecule has 2 heterocycles. The molecule has 7 heteroatoms. The van der Waals surface area contributed by atoms with Gasteiger partial charge in [-0.1, -0.05) is 0 Å². The summed E-state index contributed by atoms with van der Waals surface area (Å²) in [6.07, 6.45) is 6.04. The second kappa shape index (κ2) is 5.85. The fourth-order valence-electron chi connectivity index (χ4n) is 1.92. The maximum Gasteiger partial charge on any atom is 0.276 e. The first kappa shape index (κ1) is 13.6. The number of aliphatic hydroxyl groups excluding tert-OH is 1. The van der Waals surface area contributed by atoms with Crippen molar-refractivity contribution in [1.29, 1.82) is 0 Å². The van der Waals surface area contributed by atoms with E-state index in [4.69, 9.17) is 15.6 Å². The number of hydrogen-bond donors (Lipinski definition) is 3. The summed E-state index contributed by atoms with van der Waals surface area (Å²) in [7, 11) is 0. The van der Waals surface area contributed by atoms with Gasteiger partial charge in [0.1, 0.15) is 11.9 Å². The van der Waals surface area contributed by atoms with Crippen LogP contribution in [0.1, 0.15) is 36.5 Å². The molecule has 2 atom stereocenters. The van der Waals surface area contributed by atoms with Crippen molar-refractivity contribution >= 4 is 5.91 Å². The third-order valence-electron chi connectivity index (χ3n) is 3.02. The molecule has 2 rings (SSSR count). The van der Waals surface area contributed by atoms with Gasteiger partial charge >= 0.3 is 0 Å². The highest BCUT2D eigenvalue weighted by molar-refractivity contribution is 5.93. The molecule has 1 fully saturated rings. The molecular weight excluding hydrogens is 248 g/mol. The summed E-state index contributed by atoms with van der Waals surface area (Å²) in [6, 6.07) is 0. The highest BCUT2D eigenvalue weighted by Gasteiger charge is 2.26. The predicted molar refractivity (Wildman–Crippen MR) is 67.9 cm³/mol. The molecule has 0 aromatic carbocycles. The van der Waals surface area contributed by atoms with Crippen molar-refractivity contribution in [3.8, 4) is 0 Å². The van der Waals surface area contributed by atoms with Crippen LogP contribution in [0.15, 0.2) is 24.4 Å². The molecule has 7 nitrogen and oxygen atoms in total. The Hall–Kier alpha value is -1.86. The van der Waals surface area contributed by atoms with Gasteiger partial charge < -0.3 is 25.5 Å². The SMILES string of the molecule is C/C=C(/N)NC(=O)c1cn([C@H]2CC[C@@H](CO)O2)cn1. The van der Waals surface area contributed by atoms with Crippen molar-refractivity contribution < 1.29 is 14.6 Å². The number of nitrogens with one attached hydrogen (secondary N) is 1. The van der Waals surface area contributed by atoms with Crippen molar-refractivity contribution in [2.45, 2.75) is 32.1 Å². The molecule has 104 valence electrons. The second-order valence-corrected chi connectivity index (χ2v) is 4.38. The largest absolute Gasteiger partial charge is 0.394 e. The number of amides is 1. The molecule has 0 spiro atoms. The molecule has 1 aromatic heterocycles. The van der Waals surface area contributed by atoms with E-state index in [0.29, 0.717) is 0 Å². The smallest absolute Gasteiger partial charge is 0.276 e. The van der Waals surface area contributed by atoms with Crippen LogP contribution in [0.25, 0.3) is 0 Å². The van der Waals surface area contributed by atoms with Crippen LogP contribution in [-0.2, 0) is 4.74 Å². The Morgan fingerprint density at radius 2 is 2.53 bits per heavy atom. The maximum atomic E-state index is 11.8. The molecule has 1 saturated heterocycles. The number of carbonyl (C=O) groups excluding carboxylic acids is 1. The van der Waals surface area contributed by atoms with Gasteiger partial charge in [0.25, 0.3) is 5.91 Å². The minimum absolute atomic E-state index is 0.0103. The lowest BCUT2D eigenvalue weighted by Crippen LogP contribution is -2.27. The summed E-state index contributed by atoms with van der Waals surface area (Å²) in [4.78, 5) is 15.8. The first-order valence-electron chi connectivity index (χ1n) is 6.17. The van der Waals surface area contributed by atoms with E-state index in [1.807, 2.05) is 0 Å². The van der Waals surface area contributed by atoms with Gasteiger partial charge in [-0.05, 0) is 25.8 Å². The van der Waals surface area contributed by atoms with Gasteiger partial charge in [0, 0.05) is 6.20 Å². The van der Waals surface area contributed by atoms with E-state index < -0.39 is 0 Å². The van der Waals surface area contributed by atoms with E-state index in [1.54, 1.807) is 30.1 Å². The highest BCUT2D eigenvalue weighted by Crippen LogP contribution is 2.27. The average molecular weight is 266 g/mol. The van der Waals surface area contributed by atoms with Gasteiger partial charge in [0.05, 0.1) is 24.9 Å². The summed E-state index contributed by atoms with van der Waals surface area (Å²) in [5.74, 6) is -0.0666. The van der Waals surface area contributed by atoms with Gasteiger partial charge in [-0.25, -0.2) is 4.98 Å². The Kier molecular flexibility index (Phi) is 4.18. The molecule has 4 N–H and O–H groups in total. The number of imidazole rings is 1. The van der Waals surface area contributed by atoms with E-state index in [0.717, 1.165) is 12.8 Å². The monoisotopic (exact) mass is 266 g/mol. The lowest BCUT2D eigenvalue weighted by molar-refractivity contribution is -0.0224. The molecule has 0 radical (unpaired) electrons. The van der Waals surface area contributed by atoms with Crippen molar-refractivity contribution in [2.75, 3.05) is 6.61 Å². The molecule has 1 aromatic rings. The van der Waals surface area contributed by atoms with Crippen LogP contribution in [0, 0.1) is 0 Å². The Balaban J connectivity index is 2.01. The lowest BCUT2D eigenvalue weighted by atomic mass is 10.2. The quantitative estimate of drug-likeness (QED) is 0.717. The van der Waals surface area contributed by atoms with Gasteiger partial charge in [-0.15, -0.1) is 0 Å². The number of aliphatic hydroxyl groups is 1. The van der Waals surface area contributed by atoms with Gasteiger partial charge in [-0.3, -0.25) is 4.79 Å². The molecule has 1 aliphatic rings. The van der Waals surface area contributed by atoms with Crippen molar-refractivity contribution in [1.82, 2.24) is 14.9 Å². The number of carbonyl (C=O) groups is 1. The summed E-state index contributed by atoms with van der Waals surface area (Å²) >= 11 is 0. The maximum absolute atomic E-state index is 11.8. The normalized spacial score (nSPS) is 23.6. The molecule has 1 aliphatic heterocycles. The molecule has 0 aliphatic carbocycles. The van der Waals surface area contributed by atoms with Crippen LogP contribution in [-0.4, -0.2) is 33.3 Å². The van der Waals surface area contributed by atoms with Crippen LogP contribution in [0.4, 0.5) is 0 Å². The standard InChI is InChI=1S/C12H18N4O3/c1-2-10(13)15-12(18)9-5-16(7-14-9)11-4-3-8(6-17)19-11/h2,5,7-8,11,17H,3-4,6,13H2,1H3,(H,15,18)/b10-2-/t8-,11+/m0/s1. The molecule has 1 amide bonds. The summed E-state index contributed by atoms with van der Waals surface area (Å²) in [5.41, 5.74) is 5.80. The first-order chi connectivity index (χ1) is 9.13. The Morgan fingerprint density at radius 1 is 1.74 bits per heavy atom. The molecule has 19 heavy (non-hydrogen) atoms.